The number of nitrogens with zero attached hydrogens (tertiary/aromatic N) is 4. The van der Waals surface area contributed by atoms with Gasteiger partial charge in [-0.05, 0) is 30.7 Å². The van der Waals surface area contributed by atoms with E-state index in [1.54, 1.807) is 23.1 Å². The van der Waals surface area contributed by atoms with Crippen molar-refractivity contribution in [1.29, 1.82) is 5.26 Å². The van der Waals surface area contributed by atoms with Gasteiger partial charge in [0, 0.05) is 32.3 Å². The van der Waals surface area contributed by atoms with E-state index in [2.05, 4.69) is 11.1 Å². The topological polar surface area (TPSA) is 86.5 Å². The predicted molar refractivity (Wildman–Crippen MR) is 108 cm³/mol. The number of furan rings is 1. The molecule has 1 aliphatic rings. The molecular weight excluding hydrogens is 368 g/mol. The quantitative estimate of drug-likeness (QED) is 0.679. The van der Waals surface area contributed by atoms with Gasteiger partial charge >= 0.3 is 0 Å². The number of carbonyl (C=O) groups excluding carboxylic acids is 1. The zero-order valence-electron chi connectivity index (χ0n) is 16.0. The van der Waals surface area contributed by atoms with Crippen molar-refractivity contribution in [2.75, 3.05) is 31.1 Å². The van der Waals surface area contributed by atoms with E-state index in [9.17, 15) is 10.1 Å². The molecule has 1 saturated heterocycles. The first-order chi connectivity index (χ1) is 14.1. The molecule has 146 valence electrons. The Hall–Kier alpha value is -3.79. The third-order valence-corrected chi connectivity index (χ3v) is 4.81. The molecule has 1 aliphatic heterocycles. The van der Waals surface area contributed by atoms with Crippen molar-refractivity contribution in [3.63, 3.8) is 0 Å². The summed E-state index contributed by atoms with van der Waals surface area (Å²) in [5, 5.41) is 9.44. The van der Waals surface area contributed by atoms with Crippen LogP contribution in [0, 0.1) is 18.3 Å². The molecule has 1 fully saturated rings. The highest BCUT2D eigenvalue weighted by Gasteiger charge is 2.27. The number of aryl methyl sites for hydroxylation is 1. The van der Waals surface area contributed by atoms with Crippen LogP contribution >= 0.6 is 0 Å². The number of aromatic nitrogens is 1. The largest absolute Gasteiger partial charge is 0.459 e. The van der Waals surface area contributed by atoms with Gasteiger partial charge in [-0.3, -0.25) is 4.79 Å². The maximum atomic E-state index is 12.4. The summed E-state index contributed by atoms with van der Waals surface area (Å²) in [5.41, 5.74) is 2.47. The van der Waals surface area contributed by atoms with E-state index in [1.807, 2.05) is 42.2 Å². The first kappa shape index (κ1) is 18.6. The third kappa shape index (κ3) is 4.06. The second-order valence-corrected chi connectivity index (χ2v) is 6.82. The number of anilines is 1. The van der Waals surface area contributed by atoms with Gasteiger partial charge in [0.15, 0.2) is 5.76 Å². The zero-order valence-corrected chi connectivity index (χ0v) is 16.0. The van der Waals surface area contributed by atoms with Crippen molar-refractivity contribution in [3.05, 3.63) is 71.1 Å². The van der Waals surface area contributed by atoms with E-state index in [0.29, 0.717) is 43.7 Å². The Labute approximate surface area is 168 Å². The Morgan fingerprint density at radius 1 is 1.14 bits per heavy atom. The van der Waals surface area contributed by atoms with Gasteiger partial charge in [-0.25, -0.2) is 0 Å². The lowest BCUT2D eigenvalue weighted by atomic mass is 10.1. The highest BCUT2D eigenvalue weighted by atomic mass is 16.4. The maximum absolute atomic E-state index is 12.4. The van der Waals surface area contributed by atoms with Gasteiger partial charge < -0.3 is 18.6 Å². The number of hydrogen-bond donors (Lipinski definition) is 0. The molecule has 0 bridgehead atoms. The standard InChI is InChI=1S/C22H20N4O3/c1-16-4-6-17(7-5-16)8-9-20-24-18(15-23)22(29-20)26-12-10-25(11-13-26)21(27)19-3-2-14-28-19/h2-9,14H,10-13H2,1H3. The molecule has 29 heavy (non-hydrogen) atoms. The molecule has 7 heteroatoms. The zero-order chi connectivity index (χ0) is 20.2. The maximum Gasteiger partial charge on any atom is 0.289 e. The Kier molecular flexibility index (Phi) is 5.16. The van der Waals surface area contributed by atoms with E-state index in [0.717, 1.165) is 5.56 Å². The molecule has 1 aromatic carbocycles. The SMILES string of the molecule is Cc1ccc(C=Cc2nc(C#N)c(N3CCN(C(=O)c4ccco4)CC3)o2)cc1. The summed E-state index contributed by atoms with van der Waals surface area (Å²) < 4.78 is 11.0. The molecule has 3 heterocycles. The summed E-state index contributed by atoms with van der Waals surface area (Å²) >= 11 is 0. The van der Waals surface area contributed by atoms with Crippen LogP contribution in [0.3, 0.4) is 0 Å². The van der Waals surface area contributed by atoms with E-state index in [-0.39, 0.29) is 11.6 Å². The Morgan fingerprint density at radius 2 is 1.90 bits per heavy atom. The summed E-state index contributed by atoms with van der Waals surface area (Å²) in [6.45, 7) is 4.17. The first-order valence-corrected chi connectivity index (χ1v) is 9.37. The van der Waals surface area contributed by atoms with Gasteiger partial charge in [-0.1, -0.05) is 29.8 Å². The lowest BCUT2D eigenvalue weighted by Gasteiger charge is -2.34. The van der Waals surface area contributed by atoms with Gasteiger partial charge in [0.2, 0.25) is 17.5 Å². The molecule has 0 radical (unpaired) electrons. The van der Waals surface area contributed by atoms with Gasteiger partial charge in [0.25, 0.3) is 5.91 Å². The summed E-state index contributed by atoms with van der Waals surface area (Å²) in [6, 6.07) is 13.5. The van der Waals surface area contributed by atoms with Crippen LogP contribution in [0.2, 0.25) is 0 Å². The minimum Gasteiger partial charge on any atom is -0.459 e. The van der Waals surface area contributed by atoms with Crippen LogP contribution in [-0.2, 0) is 0 Å². The molecule has 7 nitrogen and oxygen atoms in total. The molecule has 0 atom stereocenters. The molecule has 2 aromatic heterocycles. The fraction of sp³-hybridized carbons (Fsp3) is 0.227. The monoisotopic (exact) mass is 388 g/mol. The number of benzene rings is 1. The van der Waals surface area contributed by atoms with Crippen molar-refractivity contribution in [1.82, 2.24) is 9.88 Å². The minimum atomic E-state index is -0.130. The van der Waals surface area contributed by atoms with Crippen LogP contribution in [0.15, 0.2) is 51.5 Å². The second-order valence-electron chi connectivity index (χ2n) is 6.82. The van der Waals surface area contributed by atoms with Crippen LogP contribution in [0.25, 0.3) is 12.2 Å². The Bertz CT molecular complexity index is 1050. The number of oxazole rings is 1. The minimum absolute atomic E-state index is 0.130. The Morgan fingerprint density at radius 3 is 2.55 bits per heavy atom. The van der Waals surface area contributed by atoms with Gasteiger partial charge in [-0.2, -0.15) is 10.2 Å². The van der Waals surface area contributed by atoms with Crippen LogP contribution in [0.4, 0.5) is 5.88 Å². The van der Waals surface area contributed by atoms with Crippen LogP contribution in [0.5, 0.6) is 0 Å². The van der Waals surface area contributed by atoms with E-state index < -0.39 is 0 Å². The van der Waals surface area contributed by atoms with Gasteiger partial charge in [0.1, 0.15) is 6.07 Å². The number of amides is 1. The molecule has 0 unspecified atom stereocenters. The van der Waals surface area contributed by atoms with Crippen LogP contribution in [-0.4, -0.2) is 42.0 Å². The molecule has 0 aliphatic carbocycles. The normalized spacial score (nSPS) is 14.3. The average Bonchev–Trinajstić information content (AvgIpc) is 3.43. The molecule has 0 spiro atoms. The molecule has 4 rings (SSSR count). The van der Waals surface area contributed by atoms with Gasteiger partial charge in [-0.15, -0.1) is 0 Å². The fourth-order valence-electron chi connectivity index (χ4n) is 3.20. The van der Waals surface area contributed by atoms with Crippen LogP contribution in [0.1, 0.15) is 33.3 Å². The first-order valence-electron chi connectivity index (χ1n) is 9.37. The lowest BCUT2D eigenvalue weighted by molar-refractivity contribution is 0.0713. The van der Waals surface area contributed by atoms with E-state index in [1.165, 1.54) is 11.8 Å². The summed E-state index contributed by atoms with van der Waals surface area (Å²) in [7, 11) is 0. The van der Waals surface area contributed by atoms with E-state index >= 15 is 0 Å². The summed E-state index contributed by atoms with van der Waals surface area (Å²) in [5.74, 6) is 1.03. The van der Waals surface area contributed by atoms with Crippen molar-refractivity contribution < 1.29 is 13.6 Å². The average molecular weight is 388 g/mol. The van der Waals surface area contributed by atoms with Crippen molar-refractivity contribution in [2.24, 2.45) is 0 Å². The van der Waals surface area contributed by atoms with Crippen molar-refractivity contribution in [2.45, 2.75) is 6.92 Å². The van der Waals surface area contributed by atoms with Crippen LogP contribution < -0.4 is 4.90 Å². The number of rotatable bonds is 4. The predicted octanol–water partition coefficient (Wildman–Crippen LogP) is 3.58. The summed E-state index contributed by atoms with van der Waals surface area (Å²) in [6.07, 6.45) is 5.14. The third-order valence-electron chi connectivity index (χ3n) is 4.81. The second kappa shape index (κ2) is 8.07. The number of piperazine rings is 1. The molecule has 3 aromatic rings. The molecular formula is C22H20N4O3. The number of hydrogen-bond acceptors (Lipinski definition) is 6. The Balaban J connectivity index is 1.44. The van der Waals surface area contributed by atoms with E-state index in [4.69, 9.17) is 8.83 Å². The van der Waals surface area contributed by atoms with Crippen molar-refractivity contribution in [3.8, 4) is 6.07 Å². The molecule has 0 saturated carbocycles. The number of carbonyl (C=O) groups is 1. The number of nitriles is 1. The molecule has 0 N–H and O–H groups in total. The fourth-order valence-corrected chi connectivity index (χ4v) is 3.20. The van der Waals surface area contributed by atoms with Crippen molar-refractivity contribution >= 4 is 23.9 Å². The highest BCUT2D eigenvalue weighted by Crippen LogP contribution is 2.24. The van der Waals surface area contributed by atoms with Gasteiger partial charge in [0.05, 0.1) is 6.26 Å². The smallest absolute Gasteiger partial charge is 0.289 e. The lowest BCUT2D eigenvalue weighted by Crippen LogP contribution is -2.48. The molecule has 1 amide bonds. The highest BCUT2D eigenvalue weighted by molar-refractivity contribution is 5.91. The summed E-state index contributed by atoms with van der Waals surface area (Å²) in [4.78, 5) is 20.3.